The van der Waals surface area contributed by atoms with Crippen molar-refractivity contribution in [2.75, 3.05) is 0 Å². The predicted octanol–water partition coefficient (Wildman–Crippen LogP) is 3.57. The van der Waals surface area contributed by atoms with Crippen molar-refractivity contribution in [1.82, 2.24) is 4.98 Å². The van der Waals surface area contributed by atoms with Gasteiger partial charge in [-0.25, -0.2) is 4.98 Å². The topological polar surface area (TPSA) is 30.0 Å². The van der Waals surface area contributed by atoms with Gasteiger partial charge in [-0.2, -0.15) is 0 Å². The van der Waals surface area contributed by atoms with Crippen LogP contribution in [0, 0.1) is 3.57 Å². The van der Waals surface area contributed by atoms with Crippen molar-refractivity contribution in [2.45, 2.75) is 0 Å². The van der Waals surface area contributed by atoms with Crippen molar-refractivity contribution in [1.29, 1.82) is 0 Å². The van der Waals surface area contributed by atoms with E-state index in [0.717, 1.165) is 3.57 Å². The summed E-state index contributed by atoms with van der Waals surface area (Å²) < 4.78 is 0.931. The summed E-state index contributed by atoms with van der Waals surface area (Å²) in [6.45, 7) is 0. The average molecular weight is 344 g/mol. The zero-order valence-electron chi connectivity index (χ0n) is 8.15. The Labute approximate surface area is 112 Å². The van der Waals surface area contributed by atoms with Gasteiger partial charge in [-0.05, 0) is 46.9 Å². The first-order valence-corrected chi connectivity index (χ1v) is 6.05. The van der Waals surface area contributed by atoms with E-state index in [-0.39, 0.29) is 5.78 Å². The highest BCUT2D eigenvalue weighted by Crippen LogP contribution is 2.16. The van der Waals surface area contributed by atoms with Crippen LogP contribution in [0.1, 0.15) is 15.9 Å². The summed E-state index contributed by atoms with van der Waals surface area (Å²) in [6, 6.07) is 10.7. The highest BCUT2D eigenvalue weighted by Gasteiger charge is 2.11. The van der Waals surface area contributed by atoms with Crippen LogP contribution in [0.2, 0.25) is 5.15 Å². The summed E-state index contributed by atoms with van der Waals surface area (Å²) in [5, 5.41) is 0.388. The van der Waals surface area contributed by atoms with E-state index >= 15 is 0 Å². The maximum Gasteiger partial charge on any atom is 0.195 e. The maximum atomic E-state index is 12.1. The van der Waals surface area contributed by atoms with E-state index in [9.17, 15) is 4.79 Å². The number of nitrogens with zero attached hydrogens (tertiary/aromatic N) is 1. The molecule has 80 valence electrons. The molecule has 2 nitrogen and oxygen atoms in total. The second kappa shape index (κ2) is 4.93. The van der Waals surface area contributed by atoms with E-state index in [1.165, 1.54) is 6.20 Å². The van der Waals surface area contributed by atoms with Crippen LogP contribution in [-0.4, -0.2) is 10.8 Å². The number of rotatable bonds is 2. The normalized spacial score (nSPS) is 10.1. The maximum absolute atomic E-state index is 12.1. The summed E-state index contributed by atoms with van der Waals surface area (Å²) in [5.41, 5.74) is 1.24. The van der Waals surface area contributed by atoms with Crippen LogP contribution in [0.4, 0.5) is 0 Å². The van der Waals surface area contributed by atoms with E-state index in [2.05, 4.69) is 27.6 Å². The van der Waals surface area contributed by atoms with Gasteiger partial charge < -0.3 is 0 Å². The molecule has 0 unspecified atom stereocenters. The first-order valence-electron chi connectivity index (χ1n) is 4.59. The molecule has 0 aliphatic carbocycles. The molecule has 0 fully saturated rings. The SMILES string of the molecule is O=C(c1ccc(Cl)nc1)c1ccccc1I. The van der Waals surface area contributed by atoms with Gasteiger partial charge in [0.1, 0.15) is 5.15 Å². The van der Waals surface area contributed by atoms with Crippen LogP contribution in [0.5, 0.6) is 0 Å². The Kier molecular flexibility index (Phi) is 3.56. The fraction of sp³-hybridized carbons (Fsp3) is 0. The minimum Gasteiger partial charge on any atom is -0.289 e. The largest absolute Gasteiger partial charge is 0.289 e. The third-order valence-corrected chi connectivity index (χ3v) is 3.27. The molecule has 0 amide bonds. The van der Waals surface area contributed by atoms with Gasteiger partial charge in [-0.3, -0.25) is 4.79 Å². The van der Waals surface area contributed by atoms with Crippen molar-refractivity contribution >= 4 is 40.0 Å². The third kappa shape index (κ3) is 2.41. The second-order valence-corrected chi connectivity index (χ2v) is 4.73. The molecular formula is C12H7ClINO. The quantitative estimate of drug-likeness (QED) is 0.474. The molecular weight excluding hydrogens is 336 g/mol. The van der Waals surface area contributed by atoms with Gasteiger partial charge in [0.15, 0.2) is 5.78 Å². The smallest absolute Gasteiger partial charge is 0.195 e. The summed E-state index contributed by atoms with van der Waals surface area (Å²) in [4.78, 5) is 16.0. The molecule has 0 bridgehead atoms. The van der Waals surface area contributed by atoms with Crippen LogP contribution in [-0.2, 0) is 0 Å². The van der Waals surface area contributed by atoms with Gasteiger partial charge in [-0.1, -0.05) is 23.7 Å². The lowest BCUT2D eigenvalue weighted by atomic mass is 10.1. The predicted molar refractivity (Wildman–Crippen MR) is 71.8 cm³/mol. The van der Waals surface area contributed by atoms with Crippen molar-refractivity contribution in [3.05, 3.63) is 62.4 Å². The number of carbonyl (C=O) groups is 1. The molecule has 4 heteroatoms. The number of hydrogen-bond donors (Lipinski definition) is 0. The minimum absolute atomic E-state index is 0.0332. The van der Waals surface area contributed by atoms with Crippen molar-refractivity contribution < 1.29 is 4.79 Å². The summed E-state index contributed by atoms with van der Waals surface area (Å²) in [7, 11) is 0. The van der Waals surface area contributed by atoms with Gasteiger partial charge >= 0.3 is 0 Å². The Morgan fingerprint density at radius 2 is 1.94 bits per heavy atom. The number of carbonyl (C=O) groups excluding carboxylic acids is 1. The first-order chi connectivity index (χ1) is 7.68. The van der Waals surface area contributed by atoms with Crippen LogP contribution < -0.4 is 0 Å². The fourth-order valence-electron chi connectivity index (χ4n) is 1.31. The lowest BCUT2D eigenvalue weighted by Crippen LogP contribution is -2.03. The van der Waals surface area contributed by atoms with Gasteiger partial charge in [0.2, 0.25) is 0 Å². The number of aromatic nitrogens is 1. The van der Waals surface area contributed by atoms with Crippen LogP contribution in [0.25, 0.3) is 0 Å². The Hall–Kier alpha value is -0.940. The summed E-state index contributed by atoms with van der Waals surface area (Å²) >= 11 is 7.81. The Balaban J connectivity index is 2.40. The number of halogens is 2. The molecule has 1 aromatic carbocycles. The first kappa shape index (κ1) is 11.5. The van der Waals surface area contributed by atoms with Gasteiger partial charge in [0.25, 0.3) is 0 Å². The number of pyridine rings is 1. The standard InChI is InChI=1S/C12H7ClINO/c13-11-6-5-8(7-15-11)12(16)9-3-1-2-4-10(9)14/h1-7H. The van der Waals surface area contributed by atoms with E-state index in [4.69, 9.17) is 11.6 Å². The van der Waals surface area contributed by atoms with Gasteiger partial charge in [0, 0.05) is 20.9 Å². The lowest BCUT2D eigenvalue weighted by Gasteiger charge is -2.02. The van der Waals surface area contributed by atoms with Crippen molar-refractivity contribution in [2.24, 2.45) is 0 Å². The molecule has 0 saturated carbocycles. The molecule has 0 aliphatic rings. The highest BCUT2D eigenvalue weighted by molar-refractivity contribution is 14.1. The van der Waals surface area contributed by atoms with E-state index in [0.29, 0.717) is 16.3 Å². The molecule has 0 atom stereocenters. The molecule has 0 spiro atoms. The average Bonchev–Trinajstić information content (AvgIpc) is 2.30. The molecule has 0 radical (unpaired) electrons. The van der Waals surface area contributed by atoms with E-state index in [1.54, 1.807) is 18.2 Å². The second-order valence-electron chi connectivity index (χ2n) is 3.18. The number of ketones is 1. The Morgan fingerprint density at radius 1 is 1.19 bits per heavy atom. The lowest BCUT2D eigenvalue weighted by molar-refractivity contribution is 0.103. The van der Waals surface area contributed by atoms with Crippen molar-refractivity contribution in [3.8, 4) is 0 Å². The Bertz CT molecular complexity index is 525. The molecule has 2 rings (SSSR count). The third-order valence-electron chi connectivity index (χ3n) is 2.11. The molecule has 1 heterocycles. The molecule has 0 N–H and O–H groups in total. The minimum atomic E-state index is -0.0332. The van der Waals surface area contributed by atoms with Gasteiger partial charge in [-0.15, -0.1) is 0 Å². The van der Waals surface area contributed by atoms with Crippen LogP contribution >= 0.6 is 34.2 Å². The fourth-order valence-corrected chi connectivity index (χ4v) is 2.06. The number of benzene rings is 1. The molecule has 0 aliphatic heterocycles. The zero-order valence-corrected chi connectivity index (χ0v) is 11.1. The number of hydrogen-bond acceptors (Lipinski definition) is 2. The molecule has 2 aromatic rings. The van der Waals surface area contributed by atoms with Gasteiger partial charge in [0.05, 0.1) is 0 Å². The Morgan fingerprint density at radius 3 is 2.56 bits per heavy atom. The monoisotopic (exact) mass is 343 g/mol. The van der Waals surface area contributed by atoms with Crippen LogP contribution in [0.15, 0.2) is 42.6 Å². The molecule has 1 aromatic heterocycles. The zero-order chi connectivity index (χ0) is 11.5. The van der Waals surface area contributed by atoms with E-state index < -0.39 is 0 Å². The van der Waals surface area contributed by atoms with Crippen LogP contribution in [0.3, 0.4) is 0 Å². The molecule has 16 heavy (non-hydrogen) atoms. The summed E-state index contributed by atoms with van der Waals surface area (Å²) in [6.07, 6.45) is 1.49. The summed E-state index contributed by atoms with van der Waals surface area (Å²) in [5.74, 6) is -0.0332. The van der Waals surface area contributed by atoms with E-state index in [1.807, 2.05) is 18.2 Å². The molecule has 0 saturated heterocycles. The van der Waals surface area contributed by atoms with Crippen molar-refractivity contribution in [3.63, 3.8) is 0 Å². The highest BCUT2D eigenvalue weighted by atomic mass is 127.